The number of carbonyl (C=O) groups is 2. The maximum atomic E-state index is 12.4. The zero-order chi connectivity index (χ0) is 20.2. The Bertz CT molecular complexity index is 945. The summed E-state index contributed by atoms with van der Waals surface area (Å²) in [6.45, 7) is -1.82. The van der Waals surface area contributed by atoms with Gasteiger partial charge < -0.3 is 14.8 Å². The Kier molecular flexibility index (Phi) is 6.46. The summed E-state index contributed by atoms with van der Waals surface area (Å²) in [4.78, 5) is 24.1. The molecular formula is C15H14F2N2O6S2. The summed E-state index contributed by atoms with van der Waals surface area (Å²) in [5.41, 5.74) is -0.122. The van der Waals surface area contributed by atoms with Crippen molar-refractivity contribution in [1.82, 2.24) is 0 Å². The number of thiophene rings is 1. The van der Waals surface area contributed by atoms with Gasteiger partial charge in [0.2, 0.25) is 10.0 Å². The van der Waals surface area contributed by atoms with E-state index < -0.39 is 34.6 Å². The number of halogens is 2. The molecule has 2 aromatic rings. The summed E-state index contributed by atoms with van der Waals surface area (Å²) in [6.07, 6.45) is -1.30. The van der Waals surface area contributed by atoms with Crippen molar-refractivity contribution >= 4 is 38.9 Å². The number of hydrogen-bond donors (Lipinski definition) is 2. The first-order valence-corrected chi connectivity index (χ1v) is 9.67. The molecule has 146 valence electrons. The van der Waals surface area contributed by atoms with Crippen LogP contribution in [0.5, 0.6) is 5.75 Å². The van der Waals surface area contributed by atoms with Gasteiger partial charge in [0.25, 0.3) is 5.91 Å². The van der Waals surface area contributed by atoms with Crippen LogP contribution < -0.4 is 15.2 Å². The van der Waals surface area contributed by atoms with Crippen LogP contribution in [0.25, 0.3) is 0 Å². The van der Waals surface area contributed by atoms with E-state index in [0.29, 0.717) is 0 Å². The number of alkyl halides is 2. The lowest BCUT2D eigenvalue weighted by atomic mass is 10.2. The molecule has 1 aromatic carbocycles. The second-order valence-electron chi connectivity index (χ2n) is 5.11. The highest BCUT2D eigenvalue weighted by atomic mass is 32.2. The van der Waals surface area contributed by atoms with Crippen molar-refractivity contribution in [1.29, 1.82) is 0 Å². The lowest BCUT2D eigenvalue weighted by molar-refractivity contribution is -0.123. The number of para-hydroxylation sites is 2. The molecule has 0 aliphatic carbocycles. The predicted octanol–water partition coefficient (Wildman–Crippen LogP) is 2.18. The Hall–Kier alpha value is -2.57. The van der Waals surface area contributed by atoms with Crippen LogP contribution in [-0.2, 0) is 19.6 Å². The van der Waals surface area contributed by atoms with Gasteiger partial charge in [-0.25, -0.2) is 18.4 Å². The second kappa shape index (κ2) is 8.41. The van der Waals surface area contributed by atoms with Crippen LogP contribution in [0.1, 0.15) is 17.3 Å². The average molecular weight is 420 g/mol. The largest absolute Gasteiger partial charge is 0.449 e. The molecule has 0 radical (unpaired) electrons. The van der Waals surface area contributed by atoms with Crippen molar-refractivity contribution in [3.05, 3.63) is 41.3 Å². The molecule has 0 aliphatic rings. The number of ether oxygens (including phenoxy) is 2. The fourth-order valence-electron chi connectivity index (χ4n) is 1.86. The number of amides is 1. The smallest absolute Gasteiger partial charge is 0.387 e. The molecule has 0 bridgehead atoms. The van der Waals surface area contributed by atoms with Gasteiger partial charge >= 0.3 is 12.6 Å². The van der Waals surface area contributed by atoms with Crippen molar-refractivity contribution in [3.63, 3.8) is 0 Å². The summed E-state index contributed by atoms with van der Waals surface area (Å²) in [6, 6.07) is 6.53. The minimum atomic E-state index is -3.96. The lowest BCUT2D eigenvalue weighted by Gasteiger charge is -2.15. The molecule has 0 saturated carbocycles. The van der Waals surface area contributed by atoms with Gasteiger partial charge in [-0.1, -0.05) is 12.1 Å². The molecule has 1 heterocycles. The predicted molar refractivity (Wildman–Crippen MR) is 92.3 cm³/mol. The van der Waals surface area contributed by atoms with E-state index in [9.17, 15) is 26.8 Å². The Balaban J connectivity index is 2.04. The molecule has 12 heteroatoms. The van der Waals surface area contributed by atoms with E-state index >= 15 is 0 Å². The zero-order valence-electron chi connectivity index (χ0n) is 13.7. The Labute approximate surface area is 156 Å². The van der Waals surface area contributed by atoms with Crippen molar-refractivity contribution in [2.75, 3.05) is 5.32 Å². The number of sulfonamides is 1. The first-order valence-electron chi connectivity index (χ1n) is 7.25. The Morgan fingerprint density at radius 1 is 1.26 bits per heavy atom. The molecule has 2 rings (SSSR count). The van der Waals surface area contributed by atoms with Crippen molar-refractivity contribution in [2.45, 2.75) is 23.8 Å². The number of anilines is 1. The van der Waals surface area contributed by atoms with Crippen molar-refractivity contribution < 1.29 is 36.3 Å². The van der Waals surface area contributed by atoms with Gasteiger partial charge in [0.05, 0.1) is 11.3 Å². The van der Waals surface area contributed by atoms with Gasteiger partial charge in [0.1, 0.15) is 9.96 Å². The number of nitrogens with two attached hydrogens (primary N) is 1. The molecule has 3 N–H and O–H groups in total. The van der Waals surface area contributed by atoms with E-state index in [1.807, 2.05) is 0 Å². The van der Waals surface area contributed by atoms with Gasteiger partial charge in [-0.15, -0.1) is 11.3 Å². The summed E-state index contributed by atoms with van der Waals surface area (Å²) in [7, 11) is -3.96. The molecule has 0 saturated heterocycles. The first kappa shape index (κ1) is 20.7. The van der Waals surface area contributed by atoms with E-state index in [1.165, 1.54) is 36.6 Å². The zero-order valence-corrected chi connectivity index (χ0v) is 15.4. The van der Waals surface area contributed by atoms with Gasteiger partial charge in [-0.3, -0.25) is 4.79 Å². The minimum absolute atomic E-state index is 0.0299. The topological polar surface area (TPSA) is 125 Å². The second-order valence-corrected chi connectivity index (χ2v) is 7.81. The number of carbonyl (C=O) groups excluding carboxylic acids is 2. The molecule has 0 fully saturated rings. The summed E-state index contributed by atoms with van der Waals surface area (Å²) in [5.74, 6) is -1.99. The summed E-state index contributed by atoms with van der Waals surface area (Å²) >= 11 is 0.729. The van der Waals surface area contributed by atoms with Crippen molar-refractivity contribution in [3.8, 4) is 5.75 Å². The SMILES string of the molecule is CC(OC(=O)c1csc(S(N)(=O)=O)c1)C(=O)Nc1ccccc1OC(F)F. The minimum Gasteiger partial charge on any atom is -0.449 e. The molecule has 1 amide bonds. The molecule has 1 unspecified atom stereocenters. The molecule has 1 aromatic heterocycles. The van der Waals surface area contributed by atoms with Gasteiger partial charge in [-0.2, -0.15) is 8.78 Å². The number of rotatable bonds is 7. The standard InChI is InChI=1S/C15H14F2N2O6S2/c1-8(24-14(21)9-6-12(26-7-9)27(18,22)23)13(20)19-10-4-2-3-5-11(10)25-15(16)17/h2-8,15H,1H3,(H,19,20)(H2,18,22,23). The molecular weight excluding hydrogens is 406 g/mol. The van der Waals surface area contributed by atoms with Crippen LogP contribution in [0.4, 0.5) is 14.5 Å². The molecule has 27 heavy (non-hydrogen) atoms. The van der Waals surface area contributed by atoms with Crippen LogP contribution in [0.15, 0.2) is 39.9 Å². The number of hydrogen-bond acceptors (Lipinski definition) is 7. The number of primary sulfonamides is 1. The number of nitrogens with one attached hydrogen (secondary N) is 1. The summed E-state index contributed by atoms with van der Waals surface area (Å²) in [5, 5.41) is 8.49. The highest BCUT2D eigenvalue weighted by Gasteiger charge is 2.22. The van der Waals surface area contributed by atoms with Gasteiger partial charge in [0, 0.05) is 5.38 Å². The third kappa shape index (κ3) is 5.70. The number of esters is 1. The average Bonchev–Trinajstić information content (AvgIpc) is 3.06. The third-order valence-electron chi connectivity index (χ3n) is 3.11. The molecule has 0 aliphatic heterocycles. The highest BCUT2D eigenvalue weighted by Crippen LogP contribution is 2.26. The number of benzene rings is 1. The van der Waals surface area contributed by atoms with E-state index in [2.05, 4.69) is 10.1 Å². The fourth-order valence-corrected chi connectivity index (χ4v) is 3.43. The van der Waals surface area contributed by atoms with Crippen LogP contribution in [0.3, 0.4) is 0 Å². The first-order chi connectivity index (χ1) is 12.6. The van der Waals surface area contributed by atoms with E-state index in [0.717, 1.165) is 17.4 Å². The Morgan fingerprint density at radius 2 is 1.93 bits per heavy atom. The van der Waals surface area contributed by atoms with Crippen molar-refractivity contribution in [2.24, 2.45) is 5.14 Å². The highest BCUT2D eigenvalue weighted by molar-refractivity contribution is 7.91. The summed E-state index contributed by atoms with van der Waals surface area (Å²) < 4.78 is 56.2. The maximum Gasteiger partial charge on any atom is 0.387 e. The van der Waals surface area contributed by atoms with Crippen LogP contribution in [0.2, 0.25) is 0 Å². The fraction of sp³-hybridized carbons (Fsp3) is 0.200. The van der Waals surface area contributed by atoms with E-state index in [1.54, 1.807) is 0 Å². The van der Waals surface area contributed by atoms with E-state index in [-0.39, 0.29) is 21.2 Å². The Morgan fingerprint density at radius 3 is 2.52 bits per heavy atom. The normalized spacial score (nSPS) is 12.5. The monoisotopic (exact) mass is 420 g/mol. The molecule has 0 spiro atoms. The van der Waals surface area contributed by atoms with Crippen LogP contribution in [0, 0.1) is 0 Å². The van der Waals surface area contributed by atoms with E-state index in [4.69, 9.17) is 9.88 Å². The quantitative estimate of drug-likeness (QED) is 0.662. The van der Waals surface area contributed by atoms with Crippen LogP contribution in [-0.4, -0.2) is 33.0 Å². The molecule has 8 nitrogen and oxygen atoms in total. The lowest BCUT2D eigenvalue weighted by Crippen LogP contribution is -2.30. The van der Waals surface area contributed by atoms with Gasteiger partial charge in [-0.05, 0) is 25.1 Å². The maximum absolute atomic E-state index is 12.4. The van der Waals surface area contributed by atoms with Gasteiger partial charge in [0.15, 0.2) is 6.10 Å². The third-order valence-corrected chi connectivity index (χ3v) is 5.49. The van der Waals surface area contributed by atoms with Crippen LogP contribution >= 0.6 is 11.3 Å². The molecule has 1 atom stereocenters.